The predicted molar refractivity (Wildman–Crippen MR) is 69.8 cm³/mol. The highest BCUT2D eigenvalue weighted by molar-refractivity contribution is 5.93. The van der Waals surface area contributed by atoms with Gasteiger partial charge >= 0.3 is 0 Å². The molecule has 0 aliphatic rings. The molecule has 0 aliphatic carbocycles. The van der Waals surface area contributed by atoms with Crippen LogP contribution in [0.1, 0.15) is 21.8 Å². The smallest absolute Gasteiger partial charge is 0.266 e. The van der Waals surface area contributed by atoms with Gasteiger partial charge in [0.15, 0.2) is 0 Å². The largest absolute Gasteiger partial charge is 0.468 e. The first-order valence-corrected chi connectivity index (χ1v) is 5.86. The molecule has 0 aliphatic heterocycles. The second-order valence-corrected chi connectivity index (χ2v) is 4.26. The number of amides is 1. The van der Waals surface area contributed by atoms with E-state index in [1.54, 1.807) is 12.3 Å². The van der Waals surface area contributed by atoms with Crippen molar-refractivity contribution in [1.82, 2.24) is 15.3 Å². The van der Waals surface area contributed by atoms with Crippen LogP contribution in [0.5, 0.6) is 0 Å². The minimum atomic E-state index is -0.344. The number of nitrogens with zero attached hydrogens (tertiary/aromatic N) is 2. The summed E-state index contributed by atoms with van der Waals surface area (Å²) in [5.74, 6) is 5.61. The van der Waals surface area contributed by atoms with Crippen molar-refractivity contribution in [2.75, 3.05) is 7.05 Å². The summed E-state index contributed by atoms with van der Waals surface area (Å²) < 4.78 is 5.28. The third-order valence-electron chi connectivity index (χ3n) is 2.66. The fourth-order valence-electron chi connectivity index (χ4n) is 1.74. The molecule has 0 saturated carbocycles. The summed E-state index contributed by atoms with van der Waals surface area (Å²) in [6.45, 7) is 1.38. The second kappa shape index (κ2) is 6.12. The lowest BCUT2D eigenvalue weighted by atomic mass is 10.2. The molecule has 1 amide bonds. The Hall–Kier alpha value is -2.18. The highest BCUT2D eigenvalue weighted by atomic mass is 16.3. The van der Waals surface area contributed by atoms with Crippen molar-refractivity contribution in [2.45, 2.75) is 13.1 Å². The number of rotatable bonds is 5. The number of carbonyl (C=O) groups is 1. The Morgan fingerprint density at radius 1 is 1.42 bits per heavy atom. The Kier molecular flexibility index (Phi) is 4.27. The van der Waals surface area contributed by atoms with Gasteiger partial charge in [-0.1, -0.05) is 0 Å². The molecular weight excluding hydrogens is 244 g/mol. The monoisotopic (exact) mass is 260 g/mol. The molecule has 2 heterocycles. The van der Waals surface area contributed by atoms with E-state index in [0.29, 0.717) is 18.7 Å². The average molecular weight is 260 g/mol. The zero-order valence-electron chi connectivity index (χ0n) is 10.7. The summed E-state index contributed by atoms with van der Waals surface area (Å²) in [7, 11) is 1.98. The zero-order valence-corrected chi connectivity index (χ0v) is 10.7. The lowest BCUT2D eigenvalue weighted by Gasteiger charge is -2.14. The minimum absolute atomic E-state index is 0.344. The number of hydrazine groups is 1. The van der Waals surface area contributed by atoms with Crippen LogP contribution in [0.25, 0.3) is 0 Å². The molecule has 0 unspecified atom stereocenters. The highest BCUT2D eigenvalue weighted by Crippen LogP contribution is 2.07. The van der Waals surface area contributed by atoms with Gasteiger partial charge in [0, 0.05) is 12.7 Å². The Balaban J connectivity index is 1.93. The van der Waals surface area contributed by atoms with Gasteiger partial charge in [0.2, 0.25) is 0 Å². The molecule has 19 heavy (non-hydrogen) atoms. The van der Waals surface area contributed by atoms with Crippen LogP contribution < -0.4 is 11.3 Å². The predicted octanol–water partition coefficient (Wildman–Crippen LogP) is 0.910. The van der Waals surface area contributed by atoms with Crippen LogP contribution in [0.15, 0.2) is 41.1 Å². The van der Waals surface area contributed by atoms with Crippen LogP contribution in [0, 0.1) is 0 Å². The van der Waals surface area contributed by atoms with E-state index in [4.69, 9.17) is 10.3 Å². The van der Waals surface area contributed by atoms with E-state index in [9.17, 15) is 4.79 Å². The fourth-order valence-corrected chi connectivity index (χ4v) is 1.74. The topological polar surface area (TPSA) is 84.4 Å². The summed E-state index contributed by atoms with van der Waals surface area (Å²) in [4.78, 5) is 17.6. The van der Waals surface area contributed by atoms with Crippen molar-refractivity contribution in [3.63, 3.8) is 0 Å². The molecule has 2 rings (SSSR count). The fraction of sp³-hybridized carbons (Fsp3) is 0.231. The summed E-state index contributed by atoms with van der Waals surface area (Å²) in [6, 6.07) is 7.30. The first kappa shape index (κ1) is 13.3. The number of nitrogens with one attached hydrogen (secondary N) is 1. The summed E-state index contributed by atoms with van der Waals surface area (Å²) in [5.41, 5.74) is 3.39. The molecule has 0 spiro atoms. The van der Waals surface area contributed by atoms with Crippen LogP contribution >= 0.6 is 0 Å². The number of aromatic nitrogens is 1. The SMILES string of the molecule is CN(Cc1ccc(C(=O)NN)cn1)Cc1ccco1. The van der Waals surface area contributed by atoms with E-state index in [0.717, 1.165) is 11.5 Å². The van der Waals surface area contributed by atoms with Crippen LogP contribution in [0.4, 0.5) is 0 Å². The molecule has 0 bridgehead atoms. The maximum absolute atomic E-state index is 11.3. The Morgan fingerprint density at radius 3 is 2.84 bits per heavy atom. The van der Waals surface area contributed by atoms with E-state index in [1.165, 1.54) is 6.20 Å². The lowest BCUT2D eigenvalue weighted by Crippen LogP contribution is -2.30. The first-order valence-electron chi connectivity index (χ1n) is 5.86. The number of furan rings is 1. The molecule has 0 radical (unpaired) electrons. The normalized spacial score (nSPS) is 10.7. The molecule has 6 heteroatoms. The van der Waals surface area contributed by atoms with Crippen molar-refractivity contribution >= 4 is 5.91 Å². The Bertz CT molecular complexity index is 522. The molecular formula is C13H16N4O2. The summed E-state index contributed by atoms with van der Waals surface area (Å²) >= 11 is 0. The lowest BCUT2D eigenvalue weighted by molar-refractivity contribution is 0.0953. The van der Waals surface area contributed by atoms with Crippen molar-refractivity contribution < 1.29 is 9.21 Å². The van der Waals surface area contributed by atoms with Gasteiger partial charge in [-0.2, -0.15) is 0 Å². The zero-order chi connectivity index (χ0) is 13.7. The van der Waals surface area contributed by atoms with Gasteiger partial charge < -0.3 is 4.42 Å². The van der Waals surface area contributed by atoms with Crippen LogP contribution in [0.2, 0.25) is 0 Å². The molecule has 0 aromatic carbocycles. The summed E-state index contributed by atoms with van der Waals surface area (Å²) in [6.07, 6.45) is 3.17. The Labute approximate surface area is 111 Å². The molecule has 100 valence electrons. The number of nitrogen functional groups attached to an aromatic ring is 1. The van der Waals surface area contributed by atoms with Crippen molar-refractivity contribution in [1.29, 1.82) is 0 Å². The van der Waals surface area contributed by atoms with Crippen LogP contribution in [-0.2, 0) is 13.1 Å². The molecule has 2 aromatic heterocycles. The van der Waals surface area contributed by atoms with E-state index in [-0.39, 0.29) is 5.91 Å². The number of nitrogens with two attached hydrogens (primary N) is 1. The molecule has 0 saturated heterocycles. The van der Waals surface area contributed by atoms with Gasteiger partial charge in [0.1, 0.15) is 5.76 Å². The van der Waals surface area contributed by atoms with Crippen molar-refractivity contribution in [3.05, 3.63) is 53.7 Å². The number of carbonyl (C=O) groups excluding carboxylic acids is 1. The second-order valence-electron chi connectivity index (χ2n) is 4.26. The quantitative estimate of drug-likeness (QED) is 0.474. The number of hydrogen-bond acceptors (Lipinski definition) is 5. The molecule has 0 fully saturated rings. The van der Waals surface area contributed by atoms with Gasteiger partial charge in [-0.25, -0.2) is 5.84 Å². The van der Waals surface area contributed by atoms with Crippen LogP contribution in [-0.4, -0.2) is 22.8 Å². The standard InChI is InChI=1S/C13H16N4O2/c1-17(9-12-3-2-6-19-12)8-11-5-4-10(7-15-11)13(18)16-14/h2-7H,8-9,14H2,1H3,(H,16,18). The molecule has 0 atom stereocenters. The summed E-state index contributed by atoms with van der Waals surface area (Å²) in [5, 5.41) is 0. The third kappa shape index (κ3) is 3.64. The van der Waals surface area contributed by atoms with Gasteiger partial charge in [-0.3, -0.25) is 20.1 Å². The van der Waals surface area contributed by atoms with Crippen molar-refractivity contribution in [2.24, 2.45) is 5.84 Å². The molecule has 3 N–H and O–H groups in total. The maximum Gasteiger partial charge on any atom is 0.266 e. The molecule has 2 aromatic rings. The van der Waals surface area contributed by atoms with Crippen molar-refractivity contribution in [3.8, 4) is 0 Å². The van der Waals surface area contributed by atoms with Gasteiger partial charge in [-0.05, 0) is 31.3 Å². The van der Waals surface area contributed by atoms with Crippen LogP contribution in [0.3, 0.4) is 0 Å². The van der Waals surface area contributed by atoms with Gasteiger partial charge in [-0.15, -0.1) is 0 Å². The minimum Gasteiger partial charge on any atom is -0.468 e. The van der Waals surface area contributed by atoms with E-state index < -0.39 is 0 Å². The first-order chi connectivity index (χ1) is 9.19. The van der Waals surface area contributed by atoms with E-state index in [2.05, 4.69) is 15.3 Å². The number of hydrogen-bond donors (Lipinski definition) is 2. The third-order valence-corrected chi connectivity index (χ3v) is 2.66. The Morgan fingerprint density at radius 2 is 2.26 bits per heavy atom. The highest BCUT2D eigenvalue weighted by Gasteiger charge is 2.07. The maximum atomic E-state index is 11.3. The van der Waals surface area contributed by atoms with Gasteiger partial charge in [0.05, 0.1) is 24.1 Å². The molecule has 6 nitrogen and oxygen atoms in total. The average Bonchev–Trinajstić information content (AvgIpc) is 2.91. The van der Waals surface area contributed by atoms with E-state index >= 15 is 0 Å². The van der Waals surface area contributed by atoms with Gasteiger partial charge in [0.25, 0.3) is 5.91 Å². The van der Waals surface area contributed by atoms with E-state index in [1.807, 2.05) is 25.2 Å². The number of pyridine rings is 1.